The Hall–Kier alpha value is -2.99. The van der Waals surface area contributed by atoms with Gasteiger partial charge in [0.1, 0.15) is 0 Å². The molecule has 28 heavy (non-hydrogen) atoms. The lowest BCUT2D eigenvalue weighted by Gasteiger charge is -2.08. The number of aryl methyl sites for hydroxylation is 1. The van der Waals surface area contributed by atoms with Crippen molar-refractivity contribution in [2.75, 3.05) is 5.32 Å². The van der Waals surface area contributed by atoms with Crippen LogP contribution < -0.4 is 10.6 Å². The molecule has 2 amide bonds. The number of nitrogens with one attached hydrogen (secondary N) is 2. The Balaban J connectivity index is 1.46. The van der Waals surface area contributed by atoms with Gasteiger partial charge in [-0.2, -0.15) is 0 Å². The number of hydrogen-bond acceptors (Lipinski definition) is 3. The van der Waals surface area contributed by atoms with Crippen LogP contribution in [0.1, 0.15) is 27.9 Å². The van der Waals surface area contributed by atoms with Crippen LogP contribution in [-0.2, 0) is 17.8 Å². The minimum Gasteiger partial charge on any atom is -0.348 e. The van der Waals surface area contributed by atoms with Crippen LogP contribution in [0.25, 0.3) is 0 Å². The Labute approximate surface area is 172 Å². The first-order valence-electron chi connectivity index (χ1n) is 8.91. The fourth-order valence-electron chi connectivity index (χ4n) is 2.66. The van der Waals surface area contributed by atoms with Crippen molar-refractivity contribution in [3.63, 3.8) is 0 Å². The summed E-state index contributed by atoms with van der Waals surface area (Å²) in [7, 11) is 0. The number of halogens is 1. The van der Waals surface area contributed by atoms with Crippen LogP contribution in [0.4, 0.5) is 5.69 Å². The maximum atomic E-state index is 12.1. The van der Waals surface area contributed by atoms with Crippen LogP contribution >= 0.6 is 15.9 Å². The van der Waals surface area contributed by atoms with E-state index in [1.54, 1.807) is 18.3 Å². The van der Waals surface area contributed by atoms with Gasteiger partial charge in [-0.25, -0.2) is 0 Å². The molecular weight excluding hydrogens is 418 g/mol. The summed E-state index contributed by atoms with van der Waals surface area (Å²) in [6, 6.07) is 18.8. The minimum absolute atomic E-state index is 0.0300. The van der Waals surface area contributed by atoms with Gasteiger partial charge in [-0.15, -0.1) is 0 Å². The first-order valence-corrected chi connectivity index (χ1v) is 9.71. The van der Waals surface area contributed by atoms with E-state index >= 15 is 0 Å². The lowest BCUT2D eigenvalue weighted by atomic mass is 10.1. The molecule has 0 bridgehead atoms. The first kappa shape index (κ1) is 19.8. The highest BCUT2D eigenvalue weighted by Gasteiger charge is 2.06. The Morgan fingerprint density at radius 3 is 2.50 bits per heavy atom. The molecule has 0 spiro atoms. The molecule has 3 rings (SSSR count). The number of carbonyl (C=O) groups is 2. The van der Waals surface area contributed by atoms with Gasteiger partial charge in [-0.1, -0.05) is 40.2 Å². The summed E-state index contributed by atoms with van der Waals surface area (Å²) in [6.45, 7) is 0.408. The molecular formula is C22H20BrN3O2. The predicted molar refractivity (Wildman–Crippen MR) is 113 cm³/mol. The molecule has 0 radical (unpaired) electrons. The molecule has 0 unspecified atom stereocenters. The van der Waals surface area contributed by atoms with E-state index in [4.69, 9.17) is 0 Å². The van der Waals surface area contributed by atoms with Crippen LogP contribution in [0.5, 0.6) is 0 Å². The van der Waals surface area contributed by atoms with E-state index in [9.17, 15) is 9.59 Å². The van der Waals surface area contributed by atoms with E-state index in [0.29, 0.717) is 24.9 Å². The summed E-state index contributed by atoms with van der Waals surface area (Å²) in [6.07, 6.45) is 4.26. The average molecular weight is 438 g/mol. The predicted octanol–water partition coefficient (Wildman–Crippen LogP) is 4.35. The van der Waals surface area contributed by atoms with Gasteiger partial charge in [0.05, 0.1) is 5.56 Å². The molecule has 3 aromatic rings. The molecule has 0 atom stereocenters. The lowest BCUT2D eigenvalue weighted by molar-refractivity contribution is -0.116. The van der Waals surface area contributed by atoms with Crippen molar-refractivity contribution in [3.05, 3.63) is 94.2 Å². The van der Waals surface area contributed by atoms with Gasteiger partial charge >= 0.3 is 0 Å². The van der Waals surface area contributed by atoms with E-state index in [2.05, 4.69) is 31.5 Å². The standard InChI is InChI=1S/C22H20BrN3O2/c23-19-5-1-3-16(13-19)8-11-21(27)26-20-9-6-17(7-10-20)14-25-22(28)18-4-2-12-24-15-18/h1-7,9-10,12-13,15H,8,11,14H2,(H,25,28)(H,26,27). The molecule has 2 aromatic carbocycles. The van der Waals surface area contributed by atoms with Crippen molar-refractivity contribution < 1.29 is 9.59 Å². The zero-order valence-electron chi connectivity index (χ0n) is 15.2. The second kappa shape index (κ2) is 9.80. The molecule has 0 saturated carbocycles. The SMILES string of the molecule is O=C(CCc1cccc(Br)c1)Nc1ccc(CNC(=O)c2cccnc2)cc1. The molecule has 2 N–H and O–H groups in total. The molecule has 0 aliphatic carbocycles. The highest BCUT2D eigenvalue weighted by molar-refractivity contribution is 9.10. The number of aromatic nitrogens is 1. The summed E-state index contributed by atoms with van der Waals surface area (Å²) < 4.78 is 1.01. The summed E-state index contributed by atoms with van der Waals surface area (Å²) in [5, 5.41) is 5.75. The quantitative estimate of drug-likeness (QED) is 0.577. The van der Waals surface area contributed by atoms with Crippen molar-refractivity contribution in [2.45, 2.75) is 19.4 Å². The Morgan fingerprint density at radius 2 is 1.79 bits per heavy atom. The molecule has 0 fully saturated rings. The average Bonchev–Trinajstić information content (AvgIpc) is 2.72. The van der Waals surface area contributed by atoms with Crippen LogP contribution in [0.3, 0.4) is 0 Å². The molecule has 0 aliphatic rings. The lowest BCUT2D eigenvalue weighted by Crippen LogP contribution is -2.22. The molecule has 1 heterocycles. The van der Waals surface area contributed by atoms with Crippen molar-refractivity contribution >= 4 is 33.4 Å². The van der Waals surface area contributed by atoms with Crippen molar-refractivity contribution in [3.8, 4) is 0 Å². The fourth-order valence-corrected chi connectivity index (χ4v) is 3.11. The summed E-state index contributed by atoms with van der Waals surface area (Å²) in [4.78, 5) is 28.1. The molecule has 1 aromatic heterocycles. The first-order chi connectivity index (χ1) is 13.6. The van der Waals surface area contributed by atoms with Crippen molar-refractivity contribution in [1.82, 2.24) is 10.3 Å². The highest BCUT2D eigenvalue weighted by Crippen LogP contribution is 2.14. The molecule has 6 heteroatoms. The van der Waals surface area contributed by atoms with Gasteiger partial charge in [0.25, 0.3) is 5.91 Å². The monoisotopic (exact) mass is 437 g/mol. The largest absolute Gasteiger partial charge is 0.348 e. The number of carbonyl (C=O) groups excluding carboxylic acids is 2. The zero-order chi connectivity index (χ0) is 19.8. The maximum absolute atomic E-state index is 12.1. The summed E-state index contributed by atoms with van der Waals surface area (Å²) >= 11 is 3.43. The van der Waals surface area contributed by atoms with Gasteiger partial charge in [-0.05, 0) is 53.9 Å². The van der Waals surface area contributed by atoms with E-state index in [1.807, 2.05) is 48.5 Å². The van der Waals surface area contributed by atoms with Gasteiger partial charge in [-0.3, -0.25) is 14.6 Å². The second-order valence-electron chi connectivity index (χ2n) is 6.30. The Morgan fingerprint density at radius 1 is 0.964 bits per heavy atom. The third kappa shape index (κ3) is 6.03. The number of anilines is 1. The molecule has 142 valence electrons. The Bertz CT molecular complexity index is 944. The van der Waals surface area contributed by atoms with E-state index in [1.165, 1.54) is 6.20 Å². The molecule has 5 nitrogen and oxygen atoms in total. The van der Waals surface area contributed by atoms with Gasteiger partial charge in [0, 0.05) is 35.5 Å². The molecule has 0 saturated heterocycles. The van der Waals surface area contributed by atoms with Crippen LogP contribution in [0.15, 0.2) is 77.5 Å². The van der Waals surface area contributed by atoms with Crippen LogP contribution in [0, 0.1) is 0 Å². The normalized spacial score (nSPS) is 10.3. The smallest absolute Gasteiger partial charge is 0.253 e. The van der Waals surface area contributed by atoms with E-state index < -0.39 is 0 Å². The van der Waals surface area contributed by atoms with Crippen LogP contribution in [0.2, 0.25) is 0 Å². The minimum atomic E-state index is -0.168. The number of amides is 2. The third-order valence-electron chi connectivity index (χ3n) is 4.14. The summed E-state index contributed by atoms with van der Waals surface area (Å²) in [5.41, 5.74) is 3.33. The topological polar surface area (TPSA) is 71.1 Å². The number of rotatable bonds is 7. The van der Waals surface area contributed by atoms with E-state index in [-0.39, 0.29) is 11.8 Å². The van der Waals surface area contributed by atoms with Crippen molar-refractivity contribution in [1.29, 1.82) is 0 Å². The van der Waals surface area contributed by atoms with Gasteiger partial charge < -0.3 is 10.6 Å². The zero-order valence-corrected chi connectivity index (χ0v) is 16.8. The molecule has 0 aliphatic heterocycles. The maximum Gasteiger partial charge on any atom is 0.253 e. The van der Waals surface area contributed by atoms with E-state index in [0.717, 1.165) is 21.3 Å². The summed E-state index contributed by atoms with van der Waals surface area (Å²) in [5.74, 6) is -0.198. The second-order valence-corrected chi connectivity index (χ2v) is 7.22. The third-order valence-corrected chi connectivity index (χ3v) is 4.64. The number of nitrogens with zero attached hydrogens (tertiary/aromatic N) is 1. The van der Waals surface area contributed by atoms with Crippen molar-refractivity contribution in [2.24, 2.45) is 0 Å². The van der Waals surface area contributed by atoms with Gasteiger partial charge in [0.2, 0.25) is 5.91 Å². The number of hydrogen-bond donors (Lipinski definition) is 2. The highest BCUT2D eigenvalue weighted by atomic mass is 79.9. The number of benzene rings is 2. The fraction of sp³-hybridized carbons (Fsp3) is 0.136. The Kier molecular flexibility index (Phi) is 6.92. The van der Waals surface area contributed by atoms with Crippen LogP contribution in [-0.4, -0.2) is 16.8 Å². The van der Waals surface area contributed by atoms with Gasteiger partial charge in [0.15, 0.2) is 0 Å². The number of pyridine rings is 1.